The van der Waals surface area contributed by atoms with E-state index in [-0.39, 0.29) is 11.5 Å². The number of nitrogens with zero attached hydrogens (tertiary/aromatic N) is 2. The SMILES string of the molecule is CCCCCCNC(=O)c1ccc2ncn(C/C=C3\c4ccccc4COc4ccc(C(=O)O)cc43)c2c1. The maximum absolute atomic E-state index is 12.7. The van der Waals surface area contributed by atoms with Gasteiger partial charge in [-0.25, -0.2) is 9.78 Å². The third-order valence-electron chi connectivity index (χ3n) is 6.90. The van der Waals surface area contributed by atoms with Gasteiger partial charge in [-0.15, -0.1) is 0 Å². The molecule has 0 unspecified atom stereocenters. The van der Waals surface area contributed by atoms with Crippen LogP contribution in [-0.2, 0) is 13.2 Å². The van der Waals surface area contributed by atoms with E-state index in [0.717, 1.165) is 52.6 Å². The van der Waals surface area contributed by atoms with E-state index in [1.165, 1.54) is 6.42 Å². The van der Waals surface area contributed by atoms with Crippen molar-refractivity contribution in [3.63, 3.8) is 0 Å². The van der Waals surface area contributed by atoms with Gasteiger partial charge in [-0.1, -0.05) is 56.5 Å². The van der Waals surface area contributed by atoms with E-state index in [0.29, 0.717) is 31.0 Å². The minimum Gasteiger partial charge on any atom is -0.488 e. The van der Waals surface area contributed by atoms with Gasteiger partial charge < -0.3 is 19.7 Å². The van der Waals surface area contributed by atoms with E-state index in [9.17, 15) is 14.7 Å². The zero-order valence-corrected chi connectivity index (χ0v) is 21.4. The minimum absolute atomic E-state index is 0.0838. The Hall–Kier alpha value is -4.39. The van der Waals surface area contributed by atoms with Crippen molar-refractivity contribution in [2.24, 2.45) is 0 Å². The molecule has 0 saturated carbocycles. The number of amides is 1. The summed E-state index contributed by atoms with van der Waals surface area (Å²) in [5.74, 6) is -0.424. The second-order valence-electron chi connectivity index (χ2n) is 9.50. The van der Waals surface area contributed by atoms with Gasteiger partial charge in [0.1, 0.15) is 12.4 Å². The molecule has 0 atom stereocenters. The highest BCUT2D eigenvalue weighted by Gasteiger charge is 2.21. The molecule has 7 heteroatoms. The smallest absolute Gasteiger partial charge is 0.335 e. The first-order chi connectivity index (χ1) is 18.5. The fourth-order valence-electron chi connectivity index (χ4n) is 4.82. The Bertz CT molecular complexity index is 1520. The summed E-state index contributed by atoms with van der Waals surface area (Å²) in [5, 5.41) is 12.6. The predicted octanol–water partition coefficient (Wildman–Crippen LogP) is 6.07. The van der Waals surface area contributed by atoms with Crippen LogP contribution in [0.25, 0.3) is 16.6 Å². The molecule has 1 aliphatic rings. The Morgan fingerprint density at radius 1 is 1.03 bits per heavy atom. The number of nitrogens with one attached hydrogen (secondary N) is 1. The predicted molar refractivity (Wildman–Crippen MR) is 147 cm³/mol. The van der Waals surface area contributed by atoms with E-state index in [2.05, 4.69) is 23.3 Å². The van der Waals surface area contributed by atoms with Crippen molar-refractivity contribution >= 4 is 28.5 Å². The summed E-state index contributed by atoms with van der Waals surface area (Å²) in [5.41, 5.74) is 6.14. The number of imidazole rings is 1. The van der Waals surface area contributed by atoms with Crippen LogP contribution in [0.3, 0.4) is 0 Å². The highest BCUT2D eigenvalue weighted by Crippen LogP contribution is 2.37. The number of ether oxygens (including phenoxy) is 1. The number of aromatic nitrogens is 2. The van der Waals surface area contributed by atoms with Gasteiger partial charge in [0.25, 0.3) is 5.91 Å². The van der Waals surface area contributed by atoms with Crippen LogP contribution < -0.4 is 10.1 Å². The summed E-state index contributed by atoms with van der Waals surface area (Å²) < 4.78 is 8.04. The molecule has 3 aromatic carbocycles. The summed E-state index contributed by atoms with van der Waals surface area (Å²) in [4.78, 5) is 29.0. The van der Waals surface area contributed by atoms with Crippen LogP contribution in [0.1, 0.15) is 70.0 Å². The Morgan fingerprint density at radius 2 is 1.87 bits per heavy atom. The molecule has 2 heterocycles. The standard InChI is InChI=1S/C31H31N3O4/c1-2-3-4-7-15-32-30(35)21-10-12-27-28(18-21)34(20-33-27)16-14-25-24-9-6-5-8-23(24)19-38-29-13-11-22(31(36)37)17-26(25)29/h5-6,8-14,17-18,20H,2-4,7,15-16,19H2,1H3,(H,32,35)(H,36,37)/b25-14+. The van der Waals surface area contributed by atoms with Gasteiger partial charge in [0, 0.05) is 24.2 Å². The number of benzene rings is 3. The highest BCUT2D eigenvalue weighted by atomic mass is 16.5. The molecule has 1 aliphatic heterocycles. The normalized spacial score (nSPS) is 13.4. The maximum atomic E-state index is 12.7. The fourth-order valence-corrected chi connectivity index (χ4v) is 4.82. The number of aromatic carboxylic acids is 1. The van der Waals surface area contributed by atoms with E-state index >= 15 is 0 Å². The molecule has 7 nitrogen and oxygen atoms in total. The van der Waals surface area contributed by atoms with Gasteiger partial charge >= 0.3 is 5.97 Å². The number of carbonyl (C=O) groups excluding carboxylic acids is 1. The number of allylic oxidation sites excluding steroid dienone is 1. The summed E-state index contributed by atoms with van der Waals surface area (Å²) in [6, 6.07) is 18.5. The van der Waals surface area contributed by atoms with Crippen LogP contribution >= 0.6 is 0 Å². The molecule has 0 aliphatic carbocycles. The van der Waals surface area contributed by atoms with Gasteiger partial charge in [-0.2, -0.15) is 0 Å². The first-order valence-corrected chi connectivity index (χ1v) is 13.1. The molecular weight excluding hydrogens is 478 g/mol. The van der Waals surface area contributed by atoms with Crippen molar-refractivity contribution < 1.29 is 19.4 Å². The van der Waals surface area contributed by atoms with Crippen molar-refractivity contribution in [2.45, 2.75) is 45.8 Å². The lowest BCUT2D eigenvalue weighted by molar-refractivity contribution is 0.0696. The number of fused-ring (bicyclic) bond motifs is 3. The van der Waals surface area contributed by atoms with E-state index < -0.39 is 5.97 Å². The average molecular weight is 510 g/mol. The topological polar surface area (TPSA) is 93.5 Å². The molecule has 0 saturated heterocycles. The third kappa shape index (κ3) is 5.32. The summed E-state index contributed by atoms with van der Waals surface area (Å²) >= 11 is 0. The molecule has 0 bridgehead atoms. The molecule has 0 fully saturated rings. The number of carboxylic acid groups (broad SMARTS) is 1. The van der Waals surface area contributed by atoms with Crippen LogP contribution in [0.15, 0.2) is 73.1 Å². The molecule has 0 radical (unpaired) electrons. The molecule has 38 heavy (non-hydrogen) atoms. The van der Waals surface area contributed by atoms with Crippen LogP contribution in [0.2, 0.25) is 0 Å². The third-order valence-corrected chi connectivity index (χ3v) is 6.90. The zero-order valence-electron chi connectivity index (χ0n) is 21.4. The number of carbonyl (C=O) groups is 2. The van der Waals surface area contributed by atoms with E-state index in [1.54, 1.807) is 24.5 Å². The number of hydrogen-bond acceptors (Lipinski definition) is 4. The molecule has 1 aromatic heterocycles. The maximum Gasteiger partial charge on any atom is 0.335 e. The van der Waals surface area contributed by atoms with Crippen molar-refractivity contribution in [3.05, 3.63) is 101 Å². The summed E-state index contributed by atoms with van der Waals surface area (Å²) in [6.07, 6.45) is 8.26. The molecule has 4 aromatic rings. The summed E-state index contributed by atoms with van der Waals surface area (Å²) in [7, 11) is 0. The largest absolute Gasteiger partial charge is 0.488 e. The average Bonchev–Trinajstić information content (AvgIpc) is 3.27. The van der Waals surface area contributed by atoms with Crippen LogP contribution in [0.4, 0.5) is 0 Å². The Balaban J connectivity index is 1.46. The molecular formula is C31H31N3O4. The lowest BCUT2D eigenvalue weighted by atomic mass is 9.93. The number of unbranched alkanes of at least 4 members (excludes halogenated alkanes) is 3. The molecule has 2 N–H and O–H groups in total. The second-order valence-corrected chi connectivity index (χ2v) is 9.50. The van der Waals surface area contributed by atoms with Crippen molar-refractivity contribution in [3.8, 4) is 5.75 Å². The van der Waals surface area contributed by atoms with Crippen LogP contribution in [-0.4, -0.2) is 33.1 Å². The van der Waals surface area contributed by atoms with Crippen LogP contribution in [0, 0.1) is 0 Å². The number of rotatable bonds is 9. The van der Waals surface area contributed by atoms with Gasteiger partial charge in [0.2, 0.25) is 0 Å². The summed E-state index contributed by atoms with van der Waals surface area (Å²) in [6.45, 7) is 3.72. The first-order valence-electron chi connectivity index (χ1n) is 13.1. The van der Waals surface area contributed by atoms with Crippen molar-refractivity contribution in [2.75, 3.05) is 6.54 Å². The Kier molecular flexibility index (Phi) is 7.54. The Morgan fingerprint density at radius 3 is 2.71 bits per heavy atom. The number of carboxylic acids is 1. The van der Waals surface area contributed by atoms with Gasteiger partial charge in [-0.3, -0.25) is 4.79 Å². The lowest BCUT2D eigenvalue weighted by Crippen LogP contribution is -2.24. The minimum atomic E-state index is -0.985. The van der Waals surface area contributed by atoms with Crippen molar-refractivity contribution in [1.29, 1.82) is 0 Å². The van der Waals surface area contributed by atoms with Gasteiger partial charge in [0.15, 0.2) is 0 Å². The van der Waals surface area contributed by atoms with Crippen molar-refractivity contribution in [1.82, 2.24) is 14.9 Å². The van der Waals surface area contributed by atoms with E-state index in [4.69, 9.17) is 4.74 Å². The van der Waals surface area contributed by atoms with Gasteiger partial charge in [0.05, 0.1) is 22.9 Å². The molecule has 1 amide bonds. The highest BCUT2D eigenvalue weighted by molar-refractivity contribution is 5.97. The number of hydrogen-bond donors (Lipinski definition) is 2. The first kappa shape index (κ1) is 25.3. The van der Waals surface area contributed by atoms with E-state index in [1.807, 2.05) is 47.0 Å². The molecule has 194 valence electrons. The quantitative estimate of drug-likeness (QED) is 0.267. The fraction of sp³-hybridized carbons (Fsp3) is 0.258. The zero-order chi connectivity index (χ0) is 26.5. The van der Waals surface area contributed by atoms with Gasteiger partial charge in [-0.05, 0) is 59.5 Å². The second kappa shape index (κ2) is 11.3. The Labute approximate surface area is 221 Å². The molecule has 5 rings (SSSR count). The lowest BCUT2D eigenvalue weighted by Gasteiger charge is -2.12. The monoisotopic (exact) mass is 509 g/mol. The van der Waals surface area contributed by atoms with Crippen LogP contribution in [0.5, 0.6) is 5.75 Å². The molecule has 0 spiro atoms.